The van der Waals surface area contributed by atoms with Crippen LogP contribution in [0.25, 0.3) is 11.1 Å². The zero-order valence-electron chi connectivity index (χ0n) is 17.2. The van der Waals surface area contributed by atoms with E-state index in [-0.39, 0.29) is 0 Å². The van der Waals surface area contributed by atoms with Crippen molar-refractivity contribution in [1.82, 2.24) is 10.4 Å². The van der Waals surface area contributed by atoms with Crippen molar-refractivity contribution in [2.75, 3.05) is 31.5 Å². The highest BCUT2D eigenvalue weighted by atomic mass is 32.1. The van der Waals surface area contributed by atoms with Gasteiger partial charge in [-0.3, -0.25) is 5.43 Å². The summed E-state index contributed by atoms with van der Waals surface area (Å²) in [6.45, 7) is 6.17. The van der Waals surface area contributed by atoms with Gasteiger partial charge in [0.25, 0.3) is 0 Å². The third-order valence-corrected chi connectivity index (χ3v) is 6.41. The summed E-state index contributed by atoms with van der Waals surface area (Å²) in [5.41, 5.74) is 11.4. The molecule has 0 bridgehead atoms. The number of anilines is 1. The molecule has 1 saturated heterocycles. The molecule has 2 aliphatic rings. The fourth-order valence-electron chi connectivity index (χ4n) is 4.73. The first-order valence-corrected chi connectivity index (χ1v) is 11.0. The number of benzene rings is 3. The second kappa shape index (κ2) is 8.19. The maximum Gasteiger partial charge on any atom is 0.185 e. The Labute approximate surface area is 183 Å². The van der Waals surface area contributed by atoms with Gasteiger partial charge in [0.1, 0.15) is 6.04 Å². The topological polar surface area (TPSA) is 31.7 Å². The number of hydrogen-bond acceptors (Lipinski definition) is 2. The summed E-state index contributed by atoms with van der Waals surface area (Å²) in [5.74, 6) is 0. The van der Waals surface area contributed by atoms with Crippen molar-refractivity contribution in [2.24, 2.45) is 0 Å². The largest absolute Gasteiger partial charge is 0.332 e. The number of hydrazine groups is 1. The number of rotatable bonds is 3. The van der Waals surface area contributed by atoms with E-state index in [0.717, 1.165) is 31.9 Å². The van der Waals surface area contributed by atoms with Crippen LogP contribution in [0.5, 0.6) is 0 Å². The molecule has 4 nitrogen and oxygen atoms in total. The van der Waals surface area contributed by atoms with E-state index in [2.05, 4.69) is 95.5 Å². The van der Waals surface area contributed by atoms with Gasteiger partial charge in [-0.25, -0.2) is 5.01 Å². The van der Waals surface area contributed by atoms with E-state index >= 15 is 0 Å². The average Bonchev–Trinajstić information content (AvgIpc) is 3.11. The molecule has 30 heavy (non-hydrogen) atoms. The predicted octanol–water partition coefficient (Wildman–Crippen LogP) is 3.17. The Hall–Kier alpha value is -2.73. The molecule has 3 N–H and O–H groups in total. The van der Waals surface area contributed by atoms with Crippen molar-refractivity contribution >= 4 is 23.0 Å². The third-order valence-electron chi connectivity index (χ3n) is 6.22. The van der Waals surface area contributed by atoms with Crippen molar-refractivity contribution in [1.29, 1.82) is 0 Å². The van der Waals surface area contributed by atoms with Gasteiger partial charge >= 0.3 is 0 Å². The lowest BCUT2D eigenvalue weighted by atomic mass is 10.0. The van der Waals surface area contributed by atoms with Gasteiger partial charge in [0.05, 0.1) is 26.2 Å². The Morgan fingerprint density at radius 3 is 2.03 bits per heavy atom. The number of nitrogens with one attached hydrogen (secondary N) is 3. The van der Waals surface area contributed by atoms with Gasteiger partial charge in [0.15, 0.2) is 5.11 Å². The number of hydrogen-bond donors (Lipinski definition) is 3. The van der Waals surface area contributed by atoms with E-state index in [1.807, 2.05) is 0 Å². The van der Waals surface area contributed by atoms with E-state index in [4.69, 9.17) is 12.2 Å². The van der Waals surface area contributed by atoms with E-state index in [1.54, 1.807) is 4.90 Å². The van der Waals surface area contributed by atoms with E-state index in [0.29, 0.717) is 11.2 Å². The third kappa shape index (κ3) is 3.72. The summed E-state index contributed by atoms with van der Waals surface area (Å²) < 4.78 is 0. The molecule has 0 atom stereocenters. The minimum Gasteiger partial charge on any atom is -0.332 e. The van der Waals surface area contributed by atoms with Crippen molar-refractivity contribution in [3.8, 4) is 11.1 Å². The lowest BCUT2D eigenvalue weighted by Gasteiger charge is -2.36. The molecule has 0 amide bonds. The number of quaternary nitrogens is 1. The zero-order chi connectivity index (χ0) is 20.5. The van der Waals surface area contributed by atoms with E-state index in [1.165, 1.54) is 27.8 Å². The van der Waals surface area contributed by atoms with Crippen LogP contribution in [0.4, 0.5) is 5.69 Å². The number of piperazine rings is 1. The Kier molecular flexibility index (Phi) is 5.25. The molecule has 5 heteroatoms. The van der Waals surface area contributed by atoms with Crippen LogP contribution in [-0.4, -0.2) is 36.3 Å². The Bertz CT molecular complexity index is 1010. The minimum absolute atomic E-state index is 0.428. The lowest BCUT2D eigenvalue weighted by molar-refractivity contribution is -0.929. The lowest BCUT2D eigenvalue weighted by Crippen LogP contribution is -3.15. The smallest absolute Gasteiger partial charge is 0.185 e. The van der Waals surface area contributed by atoms with Gasteiger partial charge in [0.2, 0.25) is 0 Å². The van der Waals surface area contributed by atoms with Crippen LogP contribution in [-0.2, 0) is 0 Å². The van der Waals surface area contributed by atoms with Gasteiger partial charge in [-0.05, 0) is 42.4 Å². The molecule has 3 aromatic carbocycles. The van der Waals surface area contributed by atoms with Crippen LogP contribution in [0.2, 0.25) is 0 Å². The minimum atomic E-state index is 0.428. The van der Waals surface area contributed by atoms with Gasteiger partial charge < -0.3 is 10.2 Å². The summed E-state index contributed by atoms with van der Waals surface area (Å²) >= 11 is 5.52. The molecule has 1 fully saturated rings. The fourth-order valence-corrected chi connectivity index (χ4v) is 4.98. The Morgan fingerprint density at radius 1 is 0.867 bits per heavy atom. The summed E-state index contributed by atoms with van der Waals surface area (Å²) in [4.78, 5) is 1.63. The highest BCUT2D eigenvalue weighted by Gasteiger charge is 2.37. The number of aryl methyl sites for hydroxylation is 1. The van der Waals surface area contributed by atoms with Gasteiger partial charge in [0, 0.05) is 16.8 Å². The molecule has 0 aromatic heterocycles. The van der Waals surface area contributed by atoms with Crippen LogP contribution in [0.15, 0.2) is 72.8 Å². The molecule has 0 radical (unpaired) electrons. The van der Waals surface area contributed by atoms with Crippen LogP contribution < -0.4 is 15.6 Å². The standard InChI is InChI=1S/C25H26N4S/c1-18-10-12-19(13-11-18)26-25(30)27-29-16-14-28(15-17-29)24-22-8-4-2-6-20(22)21-7-3-5-9-23(21)24/h2-13,24H,14-17H2,1H3,(H2,26,27,30)/p+1. The summed E-state index contributed by atoms with van der Waals surface area (Å²) in [5, 5.41) is 6.17. The first-order valence-electron chi connectivity index (χ1n) is 10.6. The fraction of sp³-hybridized carbons (Fsp3) is 0.240. The highest BCUT2D eigenvalue weighted by molar-refractivity contribution is 7.80. The zero-order valence-corrected chi connectivity index (χ0v) is 18.0. The molecule has 1 heterocycles. The van der Waals surface area contributed by atoms with Crippen molar-refractivity contribution < 1.29 is 4.90 Å². The van der Waals surface area contributed by atoms with Crippen LogP contribution in [0, 0.1) is 6.92 Å². The SMILES string of the molecule is Cc1ccc(NC(=S)NN2CC[NH+](C3c4ccccc4-c4ccccc43)CC2)cc1. The normalized spacial score (nSPS) is 16.7. The van der Waals surface area contributed by atoms with Crippen molar-refractivity contribution in [3.63, 3.8) is 0 Å². The maximum atomic E-state index is 5.52. The van der Waals surface area contributed by atoms with Crippen molar-refractivity contribution in [2.45, 2.75) is 13.0 Å². The van der Waals surface area contributed by atoms with Crippen molar-refractivity contribution in [3.05, 3.63) is 89.5 Å². The molecule has 5 rings (SSSR count). The molecular formula is C25H27N4S+. The molecule has 152 valence electrons. The molecule has 3 aromatic rings. The summed E-state index contributed by atoms with van der Waals surface area (Å²) in [7, 11) is 0. The molecule has 0 saturated carbocycles. The maximum absolute atomic E-state index is 5.52. The van der Waals surface area contributed by atoms with Crippen LogP contribution in [0.3, 0.4) is 0 Å². The quantitative estimate of drug-likeness (QED) is 0.574. The molecule has 0 spiro atoms. The second-order valence-electron chi connectivity index (χ2n) is 8.18. The average molecular weight is 416 g/mol. The molecular weight excluding hydrogens is 388 g/mol. The predicted molar refractivity (Wildman–Crippen MR) is 127 cm³/mol. The van der Waals surface area contributed by atoms with E-state index < -0.39 is 0 Å². The molecule has 1 aliphatic carbocycles. The van der Waals surface area contributed by atoms with Gasteiger partial charge in [-0.2, -0.15) is 0 Å². The number of nitrogens with zero attached hydrogens (tertiary/aromatic N) is 1. The first-order chi connectivity index (χ1) is 14.7. The number of thiocarbonyl (C=S) groups is 1. The number of fused-ring (bicyclic) bond motifs is 3. The summed E-state index contributed by atoms with van der Waals surface area (Å²) in [6, 6.07) is 26.5. The Morgan fingerprint density at radius 2 is 1.43 bits per heavy atom. The molecule has 0 unspecified atom stereocenters. The first kappa shape index (κ1) is 19.2. The Balaban J connectivity index is 1.23. The highest BCUT2D eigenvalue weighted by Crippen LogP contribution is 2.41. The molecule has 1 aliphatic heterocycles. The van der Waals surface area contributed by atoms with Gasteiger partial charge in [-0.1, -0.05) is 66.2 Å². The monoisotopic (exact) mass is 415 g/mol. The van der Waals surface area contributed by atoms with Crippen LogP contribution >= 0.6 is 12.2 Å². The van der Waals surface area contributed by atoms with Gasteiger partial charge in [-0.15, -0.1) is 0 Å². The second-order valence-corrected chi connectivity index (χ2v) is 8.59. The summed E-state index contributed by atoms with van der Waals surface area (Å²) in [6.07, 6.45) is 0. The van der Waals surface area contributed by atoms with Crippen LogP contribution in [0.1, 0.15) is 22.7 Å². The van der Waals surface area contributed by atoms with E-state index in [9.17, 15) is 0 Å².